The van der Waals surface area contributed by atoms with Gasteiger partial charge in [0.25, 0.3) is 5.56 Å². The molecule has 2 aromatic heterocycles. The maximum absolute atomic E-state index is 12.7. The summed E-state index contributed by atoms with van der Waals surface area (Å²) in [5, 5.41) is 7.06. The third-order valence-electron chi connectivity index (χ3n) is 4.60. The smallest absolute Gasteiger partial charge is 0.262 e. The summed E-state index contributed by atoms with van der Waals surface area (Å²) in [5.74, 6) is 0.359. The molecule has 2 aromatic carbocycles. The lowest BCUT2D eigenvalue weighted by atomic mass is 10.2. The summed E-state index contributed by atoms with van der Waals surface area (Å²) in [4.78, 5) is 34.1. The van der Waals surface area contributed by atoms with Crippen LogP contribution in [-0.4, -0.2) is 26.2 Å². The van der Waals surface area contributed by atoms with Gasteiger partial charge in [-0.05, 0) is 25.1 Å². The van der Waals surface area contributed by atoms with Crippen LogP contribution in [0.1, 0.15) is 13.3 Å². The normalized spacial score (nSPS) is 11.0. The first kappa shape index (κ1) is 21.5. The van der Waals surface area contributed by atoms with Crippen molar-refractivity contribution in [3.05, 3.63) is 69.3 Å². The number of para-hydroxylation sites is 1. The van der Waals surface area contributed by atoms with Crippen molar-refractivity contribution in [2.45, 2.75) is 25.0 Å². The van der Waals surface area contributed by atoms with Crippen molar-refractivity contribution in [1.29, 1.82) is 0 Å². The maximum Gasteiger partial charge on any atom is 0.262 e. The maximum atomic E-state index is 12.7. The van der Waals surface area contributed by atoms with E-state index in [-0.39, 0.29) is 17.9 Å². The van der Waals surface area contributed by atoms with Gasteiger partial charge in [0.15, 0.2) is 10.3 Å². The Kier molecular flexibility index (Phi) is 6.70. The van der Waals surface area contributed by atoms with Crippen LogP contribution in [0.3, 0.4) is 0 Å². The summed E-state index contributed by atoms with van der Waals surface area (Å²) in [6.45, 7) is 2.43. The molecule has 0 aliphatic rings. The highest BCUT2D eigenvalue weighted by molar-refractivity contribution is 7.99. The van der Waals surface area contributed by atoms with Crippen LogP contribution in [-0.2, 0) is 11.3 Å². The molecule has 0 fully saturated rings. The fourth-order valence-corrected chi connectivity index (χ4v) is 5.04. The number of fused-ring (bicyclic) bond motifs is 1. The Labute approximate surface area is 192 Å². The van der Waals surface area contributed by atoms with E-state index in [1.54, 1.807) is 10.6 Å². The molecular weight excluding hydrogens is 452 g/mol. The number of hydrogen-bond donors (Lipinski definition) is 1. The predicted molar refractivity (Wildman–Crippen MR) is 128 cm³/mol. The highest BCUT2D eigenvalue weighted by Crippen LogP contribution is 2.30. The zero-order chi connectivity index (χ0) is 21.8. The number of thiazole rings is 1. The molecule has 0 saturated heterocycles. The summed E-state index contributed by atoms with van der Waals surface area (Å²) in [6, 6.07) is 14.8. The van der Waals surface area contributed by atoms with E-state index in [1.165, 1.54) is 23.1 Å². The minimum atomic E-state index is -0.140. The van der Waals surface area contributed by atoms with Crippen LogP contribution in [0.5, 0.6) is 0 Å². The van der Waals surface area contributed by atoms with Gasteiger partial charge in [-0.25, -0.2) is 9.97 Å². The number of thioether (sulfide) groups is 1. The van der Waals surface area contributed by atoms with E-state index in [0.717, 1.165) is 11.3 Å². The van der Waals surface area contributed by atoms with Gasteiger partial charge in [0.1, 0.15) is 0 Å². The van der Waals surface area contributed by atoms with E-state index in [9.17, 15) is 9.59 Å². The van der Waals surface area contributed by atoms with Crippen LogP contribution in [0.25, 0.3) is 22.2 Å². The van der Waals surface area contributed by atoms with Crippen molar-refractivity contribution in [1.82, 2.24) is 14.5 Å². The Bertz CT molecular complexity index is 1300. The van der Waals surface area contributed by atoms with Gasteiger partial charge in [-0.1, -0.05) is 53.7 Å². The Morgan fingerprint density at radius 1 is 1.16 bits per heavy atom. The lowest BCUT2D eigenvalue weighted by Gasteiger charge is -2.10. The molecule has 1 amide bonds. The largest absolute Gasteiger partial charge is 0.302 e. The van der Waals surface area contributed by atoms with E-state index in [2.05, 4.69) is 15.3 Å². The first-order chi connectivity index (χ1) is 15.1. The zero-order valence-corrected chi connectivity index (χ0v) is 19.1. The monoisotopic (exact) mass is 470 g/mol. The van der Waals surface area contributed by atoms with Crippen LogP contribution in [0.2, 0.25) is 5.02 Å². The number of rotatable bonds is 7. The standard InChI is InChI=1S/C22H19ClN4O2S2/c1-2-27-20(29)15-8-4-6-10-17(15)25-22(27)30-12-11-19(28)26-21-24-18(13-31-21)14-7-3-5-9-16(14)23/h3-10,13H,2,11-12H2,1H3,(H,24,26,28). The number of hydrogen-bond acceptors (Lipinski definition) is 6. The number of benzene rings is 2. The number of halogens is 1. The van der Waals surface area contributed by atoms with E-state index >= 15 is 0 Å². The lowest BCUT2D eigenvalue weighted by molar-refractivity contribution is -0.115. The second kappa shape index (κ2) is 9.64. The Morgan fingerprint density at radius 2 is 1.94 bits per heavy atom. The van der Waals surface area contributed by atoms with Crippen molar-refractivity contribution in [3.8, 4) is 11.3 Å². The molecule has 0 atom stereocenters. The van der Waals surface area contributed by atoms with Gasteiger partial charge in [0.2, 0.25) is 5.91 Å². The molecule has 6 nitrogen and oxygen atoms in total. The predicted octanol–water partition coefficient (Wildman–Crippen LogP) is 5.31. The minimum Gasteiger partial charge on any atom is -0.302 e. The number of carbonyl (C=O) groups excluding carboxylic acids is 1. The molecule has 4 aromatic rings. The summed E-state index contributed by atoms with van der Waals surface area (Å²) in [7, 11) is 0. The average Bonchev–Trinajstić information content (AvgIpc) is 3.22. The molecular formula is C22H19ClN4O2S2. The molecule has 4 rings (SSSR count). The van der Waals surface area contributed by atoms with Crippen molar-refractivity contribution in [2.75, 3.05) is 11.1 Å². The highest BCUT2D eigenvalue weighted by Gasteiger charge is 2.13. The number of carbonyl (C=O) groups is 1. The third-order valence-corrected chi connectivity index (χ3v) is 6.67. The molecule has 0 unspecified atom stereocenters. The highest BCUT2D eigenvalue weighted by atomic mass is 35.5. The minimum absolute atomic E-state index is 0.0602. The zero-order valence-electron chi connectivity index (χ0n) is 16.7. The topological polar surface area (TPSA) is 76.9 Å². The Hall–Kier alpha value is -2.68. The molecule has 0 bridgehead atoms. The number of nitrogens with one attached hydrogen (secondary N) is 1. The molecule has 0 saturated carbocycles. The number of aromatic nitrogens is 3. The number of nitrogens with zero attached hydrogens (tertiary/aromatic N) is 3. The van der Waals surface area contributed by atoms with Crippen LogP contribution in [0.15, 0.2) is 63.9 Å². The molecule has 31 heavy (non-hydrogen) atoms. The van der Waals surface area contributed by atoms with Crippen molar-refractivity contribution < 1.29 is 4.79 Å². The molecule has 2 heterocycles. The summed E-state index contributed by atoms with van der Waals surface area (Å²) in [5.41, 5.74) is 2.16. The summed E-state index contributed by atoms with van der Waals surface area (Å²) >= 11 is 8.97. The molecule has 0 aliphatic heterocycles. The van der Waals surface area contributed by atoms with Crippen LogP contribution in [0.4, 0.5) is 5.13 Å². The van der Waals surface area contributed by atoms with E-state index in [1.807, 2.05) is 54.8 Å². The van der Waals surface area contributed by atoms with Gasteiger partial charge in [-0.3, -0.25) is 14.2 Å². The van der Waals surface area contributed by atoms with Gasteiger partial charge in [0, 0.05) is 34.7 Å². The molecule has 9 heteroatoms. The second-order valence-corrected chi connectivity index (χ2v) is 8.95. The molecule has 0 aliphatic carbocycles. The first-order valence-electron chi connectivity index (χ1n) is 9.69. The number of anilines is 1. The van der Waals surface area contributed by atoms with Gasteiger partial charge >= 0.3 is 0 Å². The van der Waals surface area contributed by atoms with Crippen LogP contribution < -0.4 is 10.9 Å². The molecule has 158 valence electrons. The van der Waals surface area contributed by atoms with Crippen LogP contribution >= 0.6 is 34.7 Å². The fourth-order valence-electron chi connectivity index (χ4n) is 3.08. The third kappa shape index (κ3) is 4.81. The van der Waals surface area contributed by atoms with Crippen molar-refractivity contribution in [3.63, 3.8) is 0 Å². The van der Waals surface area contributed by atoms with Crippen molar-refractivity contribution >= 4 is 56.6 Å². The Balaban J connectivity index is 1.39. The Morgan fingerprint density at radius 3 is 2.74 bits per heavy atom. The molecule has 0 radical (unpaired) electrons. The SMILES string of the molecule is CCn1c(SCCC(=O)Nc2nc(-c3ccccc3Cl)cs2)nc2ccccc2c1=O. The second-order valence-electron chi connectivity index (χ2n) is 6.63. The summed E-state index contributed by atoms with van der Waals surface area (Å²) < 4.78 is 1.64. The van der Waals surface area contributed by atoms with E-state index in [4.69, 9.17) is 11.6 Å². The quantitative estimate of drug-likeness (QED) is 0.292. The van der Waals surface area contributed by atoms with Gasteiger partial charge < -0.3 is 5.32 Å². The average molecular weight is 471 g/mol. The van der Waals surface area contributed by atoms with E-state index in [0.29, 0.717) is 38.5 Å². The fraction of sp³-hybridized carbons (Fsp3) is 0.182. The first-order valence-corrected chi connectivity index (χ1v) is 11.9. The molecule has 1 N–H and O–H groups in total. The number of amides is 1. The van der Waals surface area contributed by atoms with Gasteiger partial charge in [0.05, 0.1) is 16.6 Å². The molecule has 0 spiro atoms. The lowest BCUT2D eigenvalue weighted by Crippen LogP contribution is -2.22. The van der Waals surface area contributed by atoms with Crippen molar-refractivity contribution in [2.24, 2.45) is 0 Å². The van der Waals surface area contributed by atoms with Gasteiger partial charge in [-0.15, -0.1) is 11.3 Å². The van der Waals surface area contributed by atoms with Gasteiger partial charge in [-0.2, -0.15) is 0 Å². The van der Waals surface area contributed by atoms with E-state index < -0.39 is 0 Å². The summed E-state index contributed by atoms with van der Waals surface area (Å²) in [6.07, 6.45) is 0.276. The van der Waals surface area contributed by atoms with Crippen LogP contribution in [0, 0.1) is 0 Å².